The van der Waals surface area contributed by atoms with Crippen LogP contribution in [0, 0.1) is 5.41 Å². The van der Waals surface area contributed by atoms with Crippen LogP contribution >= 0.6 is 0 Å². The van der Waals surface area contributed by atoms with Crippen LogP contribution in [0.3, 0.4) is 0 Å². The third-order valence-electron chi connectivity index (χ3n) is 8.40. The molecule has 3 aromatic carbocycles. The molecule has 4 heterocycles. The maximum absolute atomic E-state index is 14.0. The minimum Gasteiger partial charge on any atom is -0.459 e. The first kappa shape index (κ1) is 29.7. The molecule has 0 unspecified atom stereocenters. The molecule has 0 radical (unpaired) electrons. The van der Waals surface area contributed by atoms with Crippen LogP contribution in [0.25, 0.3) is 32.7 Å². The summed E-state index contributed by atoms with van der Waals surface area (Å²) in [5, 5.41) is 5.77. The normalized spacial score (nSPS) is 15.7. The predicted molar refractivity (Wildman–Crippen MR) is 176 cm³/mol. The summed E-state index contributed by atoms with van der Waals surface area (Å²) < 4.78 is 17.8. The molecule has 9 nitrogen and oxygen atoms in total. The lowest BCUT2D eigenvalue weighted by Gasteiger charge is -2.34. The Morgan fingerprint density at radius 2 is 1.63 bits per heavy atom. The molecule has 1 saturated heterocycles. The molecule has 9 heteroatoms. The number of rotatable bonds is 9. The first-order valence-electron chi connectivity index (χ1n) is 15.5. The first-order valence-corrected chi connectivity index (χ1v) is 15.5. The summed E-state index contributed by atoms with van der Waals surface area (Å²) in [6.45, 7) is 5.42. The topological polar surface area (TPSA) is 118 Å². The molecule has 0 saturated carbocycles. The van der Waals surface area contributed by atoms with Gasteiger partial charge in [0.2, 0.25) is 0 Å². The fourth-order valence-corrected chi connectivity index (χ4v) is 5.95. The lowest BCUT2D eigenvalue weighted by atomic mass is 9.95. The summed E-state index contributed by atoms with van der Waals surface area (Å²) in [5.41, 5.74) is 5.25. The molecule has 6 aromatic rings. The average molecular weight is 617 g/mol. The van der Waals surface area contributed by atoms with Crippen LogP contribution in [-0.4, -0.2) is 52.4 Å². The van der Waals surface area contributed by atoms with Crippen molar-refractivity contribution in [2.75, 3.05) is 13.2 Å². The number of H-pyrrole nitrogens is 2. The van der Waals surface area contributed by atoms with E-state index in [-0.39, 0.29) is 24.1 Å². The molecular weight excluding hydrogens is 580 g/mol. The average Bonchev–Trinajstić information content (AvgIpc) is 3.66. The lowest BCUT2D eigenvalue weighted by molar-refractivity contribution is -0.220. The molecule has 1 aliphatic heterocycles. The highest BCUT2D eigenvalue weighted by Crippen LogP contribution is 2.30. The van der Waals surface area contributed by atoms with Gasteiger partial charge < -0.3 is 29.5 Å². The lowest BCUT2D eigenvalue weighted by Crippen LogP contribution is -2.43. The van der Waals surface area contributed by atoms with E-state index in [9.17, 15) is 9.59 Å². The number of benzene rings is 3. The summed E-state index contributed by atoms with van der Waals surface area (Å²) in [7, 11) is 0. The summed E-state index contributed by atoms with van der Waals surface area (Å²) in [5.74, 6) is -0.996. The van der Waals surface area contributed by atoms with Crippen molar-refractivity contribution in [2.24, 2.45) is 5.41 Å². The Morgan fingerprint density at radius 3 is 2.41 bits per heavy atom. The van der Waals surface area contributed by atoms with Crippen molar-refractivity contribution in [3.63, 3.8) is 0 Å². The van der Waals surface area contributed by atoms with Gasteiger partial charge in [-0.25, -0.2) is 9.78 Å². The molecule has 0 bridgehead atoms. The van der Waals surface area contributed by atoms with Gasteiger partial charge in [-0.3, -0.25) is 4.79 Å². The Balaban J connectivity index is 1.20. The van der Waals surface area contributed by atoms with Crippen molar-refractivity contribution in [2.45, 2.75) is 45.6 Å². The molecule has 3 N–H and O–H groups in total. The molecule has 3 aromatic heterocycles. The van der Waals surface area contributed by atoms with E-state index < -0.39 is 24.2 Å². The van der Waals surface area contributed by atoms with Gasteiger partial charge in [-0.2, -0.15) is 0 Å². The molecule has 0 aliphatic carbocycles. The number of nitrogens with one attached hydrogen (secondary N) is 3. The van der Waals surface area contributed by atoms with Crippen LogP contribution in [0.15, 0.2) is 91.1 Å². The molecule has 234 valence electrons. The number of esters is 1. The number of carbonyl (C=O) groups is 2. The summed E-state index contributed by atoms with van der Waals surface area (Å²) in [6, 6.07) is 26.1. The minimum atomic E-state index is -0.952. The molecular formula is C37H36N4O5. The SMILES string of the molecule is CC1(C)COC(Cc2nc(C(=O)N[C@@H](Cc3c[nH]c4ccccc34)C(=O)OCc3ccccc3)cc3c2[nH]c2ccccc23)OC1. The van der Waals surface area contributed by atoms with E-state index in [0.717, 1.165) is 43.8 Å². The first-order chi connectivity index (χ1) is 22.3. The van der Waals surface area contributed by atoms with Gasteiger partial charge in [0.05, 0.1) is 24.4 Å². The van der Waals surface area contributed by atoms with Crippen LogP contribution in [-0.2, 0) is 38.5 Å². The summed E-state index contributed by atoms with van der Waals surface area (Å²) in [6.07, 6.45) is 1.98. The molecule has 0 spiro atoms. The monoisotopic (exact) mass is 616 g/mol. The summed E-state index contributed by atoms with van der Waals surface area (Å²) in [4.78, 5) is 39.1. The Bertz CT molecular complexity index is 2020. The number of para-hydroxylation sites is 2. The van der Waals surface area contributed by atoms with E-state index in [1.807, 2.05) is 85.1 Å². The Hall–Kier alpha value is -4.99. The second kappa shape index (κ2) is 12.4. The number of hydrogen-bond donors (Lipinski definition) is 3. The van der Waals surface area contributed by atoms with Gasteiger partial charge in [-0.15, -0.1) is 0 Å². The second-order valence-electron chi connectivity index (χ2n) is 12.7. The van der Waals surface area contributed by atoms with Crippen LogP contribution in [0.2, 0.25) is 0 Å². The zero-order valence-electron chi connectivity index (χ0n) is 25.8. The fraction of sp³-hybridized carbons (Fsp3) is 0.270. The third-order valence-corrected chi connectivity index (χ3v) is 8.40. The van der Waals surface area contributed by atoms with Gasteiger partial charge in [0, 0.05) is 51.6 Å². The summed E-state index contributed by atoms with van der Waals surface area (Å²) >= 11 is 0. The maximum Gasteiger partial charge on any atom is 0.329 e. The van der Waals surface area contributed by atoms with E-state index in [4.69, 9.17) is 19.2 Å². The zero-order valence-corrected chi connectivity index (χ0v) is 25.8. The Kier molecular flexibility index (Phi) is 8.02. The Labute approximate surface area is 266 Å². The van der Waals surface area contributed by atoms with E-state index in [1.54, 1.807) is 6.07 Å². The van der Waals surface area contributed by atoms with Gasteiger partial charge in [-0.1, -0.05) is 80.6 Å². The number of amides is 1. The highest BCUT2D eigenvalue weighted by Gasteiger charge is 2.30. The van der Waals surface area contributed by atoms with Crippen molar-refractivity contribution in [3.05, 3.63) is 114 Å². The van der Waals surface area contributed by atoms with Crippen LogP contribution in [0.5, 0.6) is 0 Å². The predicted octanol–water partition coefficient (Wildman–Crippen LogP) is 6.22. The van der Waals surface area contributed by atoms with Gasteiger partial charge in [-0.05, 0) is 29.3 Å². The highest BCUT2D eigenvalue weighted by molar-refractivity contribution is 6.10. The van der Waals surface area contributed by atoms with Crippen molar-refractivity contribution in [1.82, 2.24) is 20.3 Å². The second-order valence-corrected chi connectivity index (χ2v) is 12.7. The largest absolute Gasteiger partial charge is 0.459 e. The molecule has 7 rings (SSSR count). The van der Waals surface area contributed by atoms with Crippen molar-refractivity contribution in [1.29, 1.82) is 0 Å². The fourth-order valence-electron chi connectivity index (χ4n) is 5.95. The van der Waals surface area contributed by atoms with Crippen molar-refractivity contribution in [3.8, 4) is 0 Å². The van der Waals surface area contributed by atoms with Gasteiger partial charge in [0.15, 0.2) is 6.29 Å². The van der Waals surface area contributed by atoms with Crippen LogP contribution < -0.4 is 5.32 Å². The Morgan fingerprint density at radius 1 is 0.935 bits per heavy atom. The molecule has 1 aliphatic rings. The molecule has 1 atom stereocenters. The number of pyridine rings is 1. The molecule has 1 fully saturated rings. The molecule has 46 heavy (non-hydrogen) atoms. The van der Waals surface area contributed by atoms with Crippen molar-refractivity contribution < 1.29 is 23.8 Å². The number of carbonyl (C=O) groups excluding carboxylic acids is 2. The van der Waals surface area contributed by atoms with E-state index in [0.29, 0.717) is 25.3 Å². The highest BCUT2D eigenvalue weighted by atomic mass is 16.7. The number of ether oxygens (including phenoxy) is 3. The van der Waals surface area contributed by atoms with E-state index >= 15 is 0 Å². The van der Waals surface area contributed by atoms with Gasteiger partial charge in [0.1, 0.15) is 18.3 Å². The number of aromatic nitrogens is 3. The number of aromatic amines is 2. The number of nitrogens with zero attached hydrogens (tertiary/aromatic N) is 1. The smallest absolute Gasteiger partial charge is 0.329 e. The minimum absolute atomic E-state index is 0.0724. The maximum atomic E-state index is 14.0. The number of fused-ring (bicyclic) bond motifs is 4. The quantitative estimate of drug-likeness (QED) is 0.166. The van der Waals surface area contributed by atoms with Crippen LogP contribution in [0.1, 0.15) is 41.2 Å². The van der Waals surface area contributed by atoms with E-state index in [2.05, 4.69) is 29.1 Å². The third kappa shape index (κ3) is 6.24. The van der Waals surface area contributed by atoms with Gasteiger partial charge in [0.25, 0.3) is 5.91 Å². The zero-order chi connectivity index (χ0) is 31.7. The molecule has 1 amide bonds. The van der Waals surface area contributed by atoms with E-state index in [1.165, 1.54) is 0 Å². The van der Waals surface area contributed by atoms with Crippen molar-refractivity contribution >= 4 is 44.6 Å². The van der Waals surface area contributed by atoms with Crippen LogP contribution in [0.4, 0.5) is 0 Å². The van der Waals surface area contributed by atoms with Gasteiger partial charge >= 0.3 is 5.97 Å². The number of hydrogen-bond acceptors (Lipinski definition) is 6. The standard InChI is InChI=1S/C37H36N4O5/c1-37(2)21-45-33(46-22-37)18-30-34-27(26-13-7-9-15-29(26)40-34)17-31(39-30)35(42)41-32(36(43)44-20-23-10-4-3-5-11-23)16-24-19-38-28-14-8-6-12-25(24)28/h3-15,17,19,32-33,38,40H,16,18,20-22H2,1-2H3,(H,41,42)/t32-/m0/s1.